The first-order valence-electron chi connectivity index (χ1n) is 6.21. The molecule has 0 atom stereocenters. The molecular formula is C15H14FN3O2. The minimum Gasteiger partial charge on any atom is -0.409 e. The fraction of sp³-hybridized carbons (Fsp3) is 0.0667. The molecule has 21 heavy (non-hydrogen) atoms. The van der Waals surface area contributed by atoms with Crippen LogP contribution in [0.1, 0.15) is 21.5 Å². The summed E-state index contributed by atoms with van der Waals surface area (Å²) in [4.78, 5) is 11.9. The van der Waals surface area contributed by atoms with Crippen LogP contribution in [-0.2, 0) is 6.54 Å². The highest BCUT2D eigenvalue weighted by atomic mass is 19.1. The maximum Gasteiger partial charge on any atom is 0.251 e. The van der Waals surface area contributed by atoms with Crippen LogP contribution in [0.4, 0.5) is 4.39 Å². The van der Waals surface area contributed by atoms with E-state index in [0.29, 0.717) is 16.7 Å². The molecule has 5 nitrogen and oxygen atoms in total. The summed E-state index contributed by atoms with van der Waals surface area (Å²) in [6.45, 7) is 0.105. The first-order valence-corrected chi connectivity index (χ1v) is 6.21. The number of halogens is 1. The first kappa shape index (κ1) is 14.5. The molecule has 6 heteroatoms. The number of carbonyl (C=O) groups is 1. The van der Waals surface area contributed by atoms with Crippen LogP contribution in [0.5, 0.6) is 0 Å². The lowest BCUT2D eigenvalue weighted by atomic mass is 10.1. The Balaban J connectivity index is 2.02. The van der Waals surface area contributed by atoms with Crippen molar-refractivity contribution >= 4 is 11.7 Å². The molecule has 0 saturated heterocycles. The Bertz CT molecular complexity index is 669. The van der Waals surface area contributed by atoms with Gasteiger partial charge in [-0.05, 0) is 18.2 Å². The number of nitrogens with zero attached hydrogens (tertiary/aromatic N) is 1. The highest BCUT2D eigenvalue weighted by Crippen LogP contribution is 2.07. The summed E-state index contributed by atoms with van der Waals surface area (Å²) >= 11 is 0. The Morgan fingerprint density at radius 2 is 1.76 bits per heavy atom. The van der Waals surface area contributed by atoms with Crippen molar-refractivity contribution in [3.63, 3.8) is 0 Å². The molecule has 0 unspecified atom stereocenters. The van der Waals surface area contributed by atoms with Crippen LogP contribution >= 0.6 is 0 Å². The highest BCUT2D eigenvalue weighted by Gasteiger charge is 2.08. The van der Waals surface area contributed by atoms with Gasteiger partial charge in [-0.2, -0.15) is 0 Å². The molecule has 108 valence electrons. The largest absolute Gasteiger partial charge is 0.409 e. The predicted molar refractivity (Wildman–Crippen MR) is 76.5 cm³/mol. The molecule has 0 aliphatic carbocycles. The zero-order valence-corrected chi connectivity index (χ0v) is 11.1. The number of benzene rings is 2. The van der Waals surface area contributed by atoms with Gasteiger partial charge in [0.1, 0.15) is 5.82 Å². The third kappa shape index (κ3) is 3.56. The van der Waals surface area contributed by atoms with Gasteiger partial charge in [0, 0.05) is 23.2 Å². The zero-order valence-electron chi connectivity index (χ0n) is 11.1. The van der Waals surface area contributed by atoms with Crippen LogP contribution in [-0.4, -0.2) is 17.0 Å². The molecule has 0 fully saturated rings. The molecule has 4 N–H and O–H groups in total. The maximum absolute atomic E-state index is 13.4. The van der Waals surface area contributed by atoms with Gasteiger partial charge >= 0.3 is 0 Å². The second-order valence-electron chi connectivity index (χ2n) is 4.34. The number of amidine groups is 1. The van der Waals surface area contributed by atoms with E-state index in [1.165, 1.54) is 6.07 Å². The summed E-state index contributed by atoms with van der Waals surface area (Å²) in [5, 5.41) is 14.1. The molecule has 0 spiro atoms. The number of amides is 1. The van der Waals surface area contributed by atoms with Crippen molar-refractivity contribution in [1.29, 1.82) is 0 Å². The highest BCUT2D eigenvalue weighted by molar-refractivity contribution is 5.99. The van der Waals surface area contributed by atoms with Gasteiger partial charge in [0.25, 0.3) is 5.91 Å². The smallest absolute Gasteiger partial charge is 0.251 e. The Labute approximate surface area is 120 Å². The van der Waals surface area contributed by atoms with Crippen LogP contribution in [0.3, 0.4) is 0 Å². The predicted octanol–water partition coefficient (Wildman–Crippen LogP) is 1.85. The van der Waals surface area contributed by atoms with Gasteiger partial charge in [0.2, 0.25) is 0 Å². The van der Waals surface area contributed by atoms with Crippen molar-refractivity contribution < 1.29 is 14.4 Å². The topological polar surface area (TPSA) is 87.7 Å². The van der Waals surface area contributed by atoms with E-state index in [0.717, 1.165) is 0 Å². The van der Waals surface area contributed by atoms with Crippen molar-refractivity contribution in [2.75, 3.05) is 0 Å². The third-order valence-corrected chi connectivity index (χ3v) is 2.95. The summed E-state index contributed by atoms with van der Waals surface area (Å²) in [5.41, 5.74) is 6.75. The monoisotopic (exact) mass is 287 g/mol. The lowest BCUT2D eigenvalue weighted by Gasteiger charge is -2.07. The molecule has 1 amide bonds. The van der Waals surface area contributed by atoms with E-state index in [-0.39, 0.29) is 24.1 Å². The average Bonchev–Trinajstić information content (AvgIpc) is 2.53. The first-order chi connectivity index (χ1) is 10.1. The van der Waals surface area contributed by atoms with Crippen molar-refractivity contribution in [3.05, 3.63) is 71.0 Å². The second kappa shape index (κ2) is 6.51. The third-order valence-electron chi connectivity index (χ3n) is 2.95. The normalized spacial score (nSPS) is 11.2. The van der Waals surface area contributed by atoms with Gasteiger partial charge in [-0.3, -0.25) is 4.79 Å². The van der Waals surface area contributed by atoms with E-state index in [1.54, 1.807) is 42.5 Å². The van der Waals surface area contributed by atoms with Crippen molar-refractivity contribution in [2.24, 2.45) is 10.9 Å². The SMILES string of the molecule is N/C(=N\O)c1ccc(C(=O)NCc2ccccc2F)cc1. The van der Waals surface area contributed by atoms with Gasteiger partial charge in [-0.1, -0.05) is 35.5 Å². The van der Waals surface area contributed by atoms with E-state index in [4.69, 9.17) is 10.9 Å². The number of carbonyl (C=O) groups excluding carboxylic acids is 1. The second-order valence-corrected chi connectivity index (χ2v) is 4.34. The van der Waals surface area contributed by atoms with Crippen molar-refractivity contribution in [1.82, 2.24) is 5.32 Å². The Hall–Kier alpha value is -2.89. The Morgan fingerprint density at radius 3 is 2.38 bits per heavy atom. The van der Waals surface area contributed by atoms with E-state index < -0.39 is 0 Å². The minimum atomic E-state index is -0.361. The Morgan fingerprint density at radius 1 is 1.14 bits per heavy atom. The number of oxime groups is 1. The lowest BCUT2D eigenvalue weighted by molar-refractivity contribution is 0.0950. The molecule has 2 rings (SSSR count). The summed E-state index contributed by atoms with van der Waals surface area (Å²) in [6.07, 6.45) is 0. The molecule has 0 bridgehead atoms. The fourth-order valence-corrected chi connectivity index (χ4v) is 1.77. The molecule has 0 aromatic heterocycles. The number of nitrogens with one attached hydrogen (secondary N) is 1. The zero-order chi connectivity index (χ0) is 15.2. The van der Waals surface area contributed by atoms with Crippen LogP contribution in [0, 0.1) is 5.82 Å². The van der Waals surface area contributed by atoms with Gasteiger partial charge in [-0.15, -0.1) is 0 Å². The number of nitrogens with two attached hydrogens (primary N) is 1. The molecule has 0 aliphatic rings. The van der Waals surface area contributed by atoms with Gasteiger partial charge in [0.15, 0.2) is 5.84 Å². The summed E-state index contributed by atoms with van der Waals surface area (Å²) in [5.74, 6) is -0.724. The van der Waals surface area contributed by atoms with Crippen LogP contribution in [0.15, 0.2) is 53.7 Å². The number of rotatable bonds is 4. The van der Waals surface area contributed by atoms with Gasteiger partial charge in [0.05, 0.1) is 0 Å². The quantitative estimate of drug-likeness (QED) is 0.347. The fourth-order valence-electron chi connectivity index (χ4n) is 1.77. The molecule has 0 heterocycles. The van der Waals surface area contributed by atoms with E-state index >= 15 is 0 Å². The summed E-state index contributed by atoms with van der Waals surface area (Å²) in [6, 6.07) is 12.5. The van der Waals surface area contributed by atoms with Crippen molar-refractivity contribution in [3.8, 4) is 0 Å². The van der Waals surface area contributed by atoms with Crippen LogP contribution < -0.4 is 11.1 Å². The maximum atomic E-state index is 13.4. The standard InChI is InChI=1S/C15H14FN3O2/c16-13-4-2-1-3-12(13)9-18-15(20)11-7-5-10(6-8-11)14(17)19-21/h1-8,21H,9H2,(H2,17,19)(H,18,20). The minimum absolute atomic E-state index is 0.0340. The number of hydrogen-bond donors (Lipinski definition) is 3. The molecule has 0 aliphatic heterocycles. The van der Waals surface area contributed by atoms with Crippen LogP contribution in [0.25, 0.3) is 0 Å². The van der Waals surface area contributed by atoms with Gasteiger partial charge < -0.3 is 16.3 Å². The molecule has 0 radical (unpaired) electrons. The van der Waals surface area contributed by atoms with Gasteiger partial charge in [-0.25, -0.2) is 4.39 Å². The van der Waals surface area contributed by atoms with E-state index in [1.807, 2.05) is 0 Å². The summed E-state index contributed by atoms with van der Waals surface area (Å²) < 4.78 is 13.4. The van der Waals surface area contributed by atoms with E-state index in [9.17, 15) is 9.18 Å². The molecular weight excluding hydrogens is 273 g/mol. The molecule has 2 aromatic carbocycles. The average molecular weight is 287 g/mol. The molecule has 2 aromatic rings. The lowest BCUT2D eigenvalue weighted by Crippen LogP contribution is -2.23. The number of hydrogen-bond acceptors (Lipinski definition) is 3. The summed E-state index contributed by atoms with van der Waals surface area (Å²) in [7, 11) is 0. The van der Waals surface area contributed by atoms with E-state index in [2.05, 4.69) is 10.5 Å². The Kier molecular flexibility index (Phi) is 4.50. The van der Waals surface area contributed by atoms with Crippen molar-refractivity contribution in [2.45, 2.75) is 6.54 Å². The van der Waals surface area contributed by atoms with Crippen LogP contribution in [0.2, 0.25) is 0 Å². The molecule has 0 saturated carbocycles.